The third-order valence-electron chi connectivity index (χ3n) is 3.89. The van der Waals surface area contributed by atoms with E-state index >= 15 is 0 Å². The van der Waals surface area contributed by atoms with Crippen LogP contribution in [0.15, 0.2) is 24.3 Å². The molecule has 1 atom stereocenters. The zero-order valence-electron chi connectivity index (χ0n) is 12.0. The predicted octanol–water partition coefficient (Wildman–Crippen LogP) is 2.68. The number of aliphatic hydroxyl groups is 1. The molecule has 0 spiro atoms. The Hall–Kier alpha value is -1.81. The second-order valence-corrected chi connectivity index (χ2v) is 5.46. The molecule has 1 aliphatic rings. The molecule has 0 radical (unpaired) electrons. The van der Waals surface area contributed by atoms with Crippen LogP contribution < -0.4 is 4.74 Å². The minimum Gasteiger partial charge on any atom is -0.487 e. The third kappa shape index (κ3) is 2.56. The van der Waals surface area contributed by atoms with E-state index in [4.69, 9.17) is 4.74 Å². The average Bonchev–Trinajstić information content (AvgIpc) is 2.75. The molecule has 1 N–H and O–H groups in total. The minimum atomic E-state index is -0.346. The number of aromatic nitrogens is 2. The summed E-state index contributed by atoms with van der Waals surface area (Å²) < 4.78 is 7.66. The fourth-order valence-corrected chi connectivity index (χ4v) is 2.80. The van der Waals surface area contributed by atoms with E-state index in [0.29, 0.717) is 6.61 Å². The zero-order chi connectivity index (χ0) is 14.1. The smallest absolute Gasteiger partial charge is 0.130 e. The summed E-state index contributed by atoms with van der Waals surface area (Å²) in [6, 6.07) is 8.05. The zero-order valence-corrected chi connectivity index (χ0v) is 12.0. The summed E-state index contributed by atoms with van der Waals surface area (Å²) in [6.07, 6.45) is 2.61. The first kappa shape index (κ1) is 13.2. The first-order chi connectivity index (χ1) is 9.63. The second kappa shape index (κ2) is 5.29. The summed E-state index contributed by atoms with van der Waals surface area (Å²) in [5.74, 6) is 0.809. The van der Waals surface area contributed by atoms with Crippen molar-refractivity contribution < 1.29 is 9.84 Å². The molecule has 1 unspecified atom stereocenters. The quantitative estimate of drug-likeness (QED) is 0.934. The number of hydrogen-bond acceptors (Lipinski definition) is 3. The van der Waals surface area contributed by atoms with E-state index in [1.54, 1.807) is 0 Å². The van der Waals surface area contributed by atoms with Crippen molar-refractivity contribution in [1.29, 1.82) is 0 Å². The van der Waals surface area contributed by atoms with Crippen molar-refractivity contribution in [3.05, 3.63) is 46.8 Å². The van der Waals surface area contributed by atoms with E-state index in [-0.39, 0.29) is 6.10 Å². The van der Waals surface area contributed by atoms with Crippen LogP contribution in [0.3, 0.4) is 0 Å². The van der Waals surface area contributed by atoms with Crippen LogP contribution in [0.4, 0.5) is 0 Å². The van der Waals surface area contributed by atoms with Gasteiger partial charge in [0.1, 0.15) is 12.4 Å². The van der Waals surface area contributed by atoms with E-state index in [0.717, 1.165) is 42.0 Å². The van der Waals surface area contributed by atoms with Gasteiger partial charge >= 0.3 is 0 Å². The highest BCUT2D eigenvalue weighted by atomic mass is 16.5. The molecule has 4 heteroatoms. The third-order valence-corrected chi connectivity index (χ3v) is 3.89. The van der Waals surface area contributed by atoms with Crippen molar-refractivity contribution in [1.82, 2.24) is 9.78 Å². The van der Waals surface area contributed by atoms with Gasteiger partial charge in [0.05, 0.1) is 17.5 Å². The molecule has 2 aromatic rings. The van der Waals surface area contributed by atoms with E-state index < -0.39 is 0 Å². The first-order valence-corrected chi connectivity index (χ1v) is 7.06. The fraction of sp³-hybridized carbons (Fsp3) is 0.438. The Labute approximate surface area is 119 Å². The topological polar surface area (TPSA) is 47.3 Å². The lowest BCUT2D eigenvalue weighted by Crippen LogP contribution is -2.09. The number of fused-ring (bicyclic) bond motifs is 1. The summed E-state index contributed by atoms with van der Waals surface area (Å²) in [7, 11) is 1.92. The van der Waals surface area contributed by atoms with Crippen molar-refractivity contribution in [3.63, 3.8) is 0 Å². The van der Waals surface area contributed by atoms with Crippen molar-refractivity contribution in [2.24, 2.45) is 7.05 Å². The number of aryl methyl sites for hydroxylation is 3. The molecular weight excluding hydrogens is 252 g/mol. The van der Waals surface area contributed by atoms with E-state index in [1.165, 1.54) is 5.56 Å². The number of rotatable bonds is 3. The largest absolute Gasteiger partial charge is 0.487 e. The number of ether oxygens (including phenoxy) is 1. The monoisotopic (exact) mass is 272 g/mol. The van der Waals surface area contributed by atoms with Gasteiger partial charge < -0.3 is 9.84 Å². The molecule has 1 aromatic carbocycles. The number of aliphatic hydroxyl groups excluding tert-OH is 1. The minimum absolute atomic E-state index is 0.346. The van der Waals surface area contributed by atoms with E-state index in [2.05, 4.69) is 11.2 Å². The van der Waals surface area contributed by atoms with Crippen LogP contribution in [0.1, 0.15) is 41.5 Å². The van der Waals surface area contributed by atoms with Crippen LogP contribution in [0.5, 0.6) is 5.75 Å². The van der Waals surface area contributed by atoms with Crippen molar-refractivity contribution in [2.75, 3.05) is 0 Å². The van der Waals surface area contributed by atoms with Gasteiger partial charge in [0.2, 0.25) is 0 Å². The first-order valence-electron chi connectivity index (χ1n) is 7.06. The summed E-state index contributed by atoms with van der Waals surface area (Å²) in [4.78, 5) is 0. The number of benzene rings is 1. The van der Waals surface area contributed by atoms with Crippen LogP contribution >= 0.6 is 0 Å². The highest BCUT2D eigenvalue weighted by molar-refractivity contribution is 5.38. The predicted molar refractivity (Wildman–Crippen MR) is 76.6 cm³/mol. The van der Waals surface area contributed by atoms with Crippen LogP contribution in [0, 0.1) is 6.92 Å². The standard InChI is InChI=1S/C16H20N2O2/c1-11-8-13(18(2)17-11)10-20-14-7-6-12-4-3-5-16(19)15(12)9-14/h6-9,16,19H,3-5,10H2,1-2H3. The van der Waals surface area contributed by atoms with E-state index in [9.17, 15) is 5.11 Å². The van der Waals surface area contributed by atoms with Crippen LogP contribution in [-0.2, 0) is 20.1 Å². The molecule has 3 rings (SSSR count). The second-order valence-electron chi connectivity index (χ2n) is 5.46. The van der Waals surface area contributed by atoms with Crippen LogP contribution in [0.25, 0.3) is 0 Å². The molecule has 0 bridgehead atoms. The molecule has 4 nitrogen and oxygen atoms in total. The lowest BCUT2D eigenvalue weighted by Gasteiger charge is -2.22. The Bertz CT molecular complexity index is 619. The molecular formula is C16H20N2O2. The lowest BCUT2D eigenvalue weighted by molar-refractivity contribution is 0.156. The highest BCUT2D eigenvalue weighted by Crippen LogP contribution is 2.32. The maximum absolute atomic E-state index is 10.0. The van der Waals surface area contributed by atoms with Gasteiger partial charge in [-0.2, -0.15) is 5.10 Å². The molecule has 0 saturated carbocycles. The Morgan fingerprint density at radius 3 is 3.00 bits per heavy atom. The highest BCUT2D eigenvalue weighted by Gasteiger charge is 2.18. The summed E-state index contributed by atoms with van der Waals surface area (Å²) >= 11 is 0. The van der Waals surface area contributed by atoms with E-state index in [1.807, 2.05) is 36.9 Å². The van der Waals surface area contributed by atoms with Gasteiger partial charge in [0, 0.05) is 7.05 Å². The van der Waals surface area contributed by atoms with Crippen molar-refractivity contribution in [3.8, 4) is 5.75 Å². The molecule has 106 valence electrons. The summed E-state index contributed by atoms with van der Waals surface area (Å²) in [5.41, 5.74) is 4.30. The normalized spacial score (nSPS) is 17.9. The summed E-state index contributed by atoms with van der Waals surface area (Å²) in [5, 5.41) is 14.4. The fourth-order valence-electron chi connectivity index (χ4n) is 2.80. The molecule has 1 aliphatic carbocycles. The van der Waals surface area contributed by atoms with Crippen LogP contribution in [0.2, 0.25) is 0 Å². The number of hydrogen-bond donors (Lipinski definition) is 1. The Morgan fingerprint density at radius 1 is 1.40 bits per heavy atom. The average molecular weight is 272 g/mol. The molecule has 0 aliphatic heterocycles. The van der Waals surface area contributed by atoms with Crippen molar-refractivity contribution >= 4 is 0 Å². The molecule has 0 saturated heterocycles. The van der Waals surface area contributed by atoms with Gasteiger partial charge in [-0.1, -0.05) is 6.07 Å². The van der Waals surface area contributed by atoms with Crippen molar-refractivity contribution in [2.45, 2.75) is 38.9 Å². The van der Waals surface area contributed by atoms with Gasteiger partial charge in [-0.3, -0.25) is 4.68 Å². The van der Waals surface area contributed by atoms with Gasteiger partial charge in [-0.15, -0.1) is 0 Å². The van der Waals surface area contributed by atoms with Crippen LogP contribution in [-0.4, -0.2) is 14.9 Å². The Kier molecular flexibility index (Phi) is 3.49. The maximum Gasteiger partial charge on any atom is 0.130 e. The molecule has 1 heterocycles. The number of nitrogens with zero attached hydrogens (tertiary/aromatic N) is 2. The van der Waals surface area contributed by atoms with Gasteiger partial charge in [0.25, 0.3) is 0 Å². The van der Waals surface area contributed by atoms with Gasteiger partial charge in [-0.25, -0.2) is 0 Å². The molecule has 20 heavy (non-hydrogen) atoms. The van der Waals surface area contributed by atoms with Gasteiger partial charge in [-0.05, 0) is 55.5 Å². The van der Waals surface area contributed by atoms with Gasteiger partial charge in [0.15, 0.2) is 0 Å². The maximum atomic E-state index is 10.0. The molecule has 1 aromatic heterocycles. The lowest BCUT2D eigenvalue weighted by atomic mass is 9.89. The molecule has 0 fully saturated rings. The Morgan fingerprint density at radius 2 is 2.25 bits per heavy atom. The summed E-state index contributed by atoms with van der Waals surface area (Å²) in [6.45, 7) is 2.46. The SMILES string of the molecule is Cc1cc(COc2ccc3c(c2)C(O)CCC3)n(C)n1. The Balaban J connectivity index is 1.75. The molecule has 0 amide bonds.